The molecule has 2 rings (SSSR count). The van der Waals surface area contributed by atoms with Crippen molar-refractivity contribution in [2.75, 3.05) is 0 Å². The Bertz CT molecular complexity index is 448. The summed E-state index contributed by atoms with van der Waals surface area (Å²) >= 11 is 5.25. The Morgan fingerprint density at radius 3 is 1.95 bits per heavy atom. The average molecular weight is 333 g/mol. The summed E-state index contributed by atoms with van der Waals surface area (Å²) in [4.78, 5) is 0.323. The first-order chi connectivity index (χ1) is 9.96. The largest absolute Gasteiger partial charge is 0.392 e. The Kier molecular flexibility index (Phi) is 6.03. The van der Waals surface area contributed by atoms with Crippen molar-refractivity contribution in [2.24, 2.45) is 5.73 Å². The van der Waals surface area contributed by atoms with Crippen LogP contribution in [0.3, 0.4) is 0 Å². The van der Waals surface area contributed by atoms with Gasteiger partial charge in [-0.3, -0.25) is 0 Å². The highest BCUT2D eigenvalue weighted by Gasteiger charge is 2.40. The smallest absolute Gasteiger partial charge is 0.215 e. The van der Waals surface area contributed by atoms with Gasteiger partial charge in [0, 0.05) is 0 Å². The van der Waals surface area contributed by atoms with Gasteiger partial charge in [0.25, 0.3) is 0 Å². The maximum atomic E-state index is 12.7. The van der Waals surface area contributed by atoms with Crippen molar-refractivity contribution in [3.05, 3.63) is 0 Å². The van der Waals surface area contributed by atoms with Crippen molar-refractivity contribution >= 4 is 27.2 Å². The van der Waals surface area contributed by atoms with Gasteiger partial charge in [-0.05, 0) is 25.7 Å². The third kappa shape index (κ3) is 4.39. The Balaban J connectivity index is 2.15. The van der Waals surface area contributed by atoms with E-state index in [-0.39, 0.29) is 5.25 Å². The van der Waals surface area contributed by atoms with Gasteiger partial charge in [0.15, 0.2) is 0 Å². The minimum atomic E-state index is -3.33. The molecule has 0 spiro atoms. The van der Waals surface area contributed by atoms with E-state index in [1.807, 2.05) is 0 Å². The maximum Gasteiger partial charge on any atom is 0.215 e. The average Bonchev–Trinajstić information content (AvgIpc) is 2.42. The van der Waals surface area contributed by atoms with E-state index in [0.717, 1.165) is 70.6 Å². The van der Waals surface area contributed by atoms with Crippen LogP contribution < -0.4 is 10.5 Å². The zero-order valence-corrected chi connectivity index (χ0v) is 14.4. The van der Waals surface area contributed by atoms with Gasteiger partial charge in [0.05, 0.1) is 15.8 Å². The molecule has 4 nitrogen and oxygen atoms in total. The van der Waals surface area contributed by atoms with E-state index < -0.39 is 15.6 Å². The summed E-state index contributed by atoms with van der Waals surface area (Å²) in [6.07, 6.45) is 11.7. The zero-order valence-electron chi connectivity index (χ0n) is 12.8. The number of thiocarbonyl (C=S) groups is 1. The lowest BCUT2D eigenvalue weighted by Gasteiger charge is -2.37. The predicted molar refractivity (Wildman–Crippen MR) is 90.8 cm³/mol. The lowest BCUT2D eigenvalue weighted by atomic mass is 9.85. The van der Waals surface area contributed by atoms with Crippen LogP contribution in [0.2, 0.25) is 0 Å². The molecule has 3 N–H and O–H groups in total. The Labute approximate surface area is 134 Å². The van der Waals surface area contributed by atoms with Crippen molar-refractivity contribution in [1.82, 2.24) is 4.72 Å². The van der Waals surface area contributed by atoms with E-state index in [1.165, 1.54) is 6.42 Å². The number of hydrogen-bond acceptors (Lipinski definition) is 3. The van der Waals surface area contributed by atoms with E-state index in [0.29, 0.717) is 4.99 Å². The van der Waals surface area contributed by atoms with Crippen LogP contribution in [0.1, 0.15) is 77.0 Å². The quantitative estimate of drug-likeness (QED) is 0.776. The molecule has 0 heterocycles. The van der Waals surface area contributed by atoms with Crippen LogP contribution in [0.15, 0.2) is 0 Å². The fraction of sp³-hybridized carbons (Fsp3) is 0.933. The van der Waals surface area contributed by atoms with Crippen LogP contribution in [0.5, 0.6) is 0 Å². The van der Waals surface area contributed by atoms with Gasteiger partial charge >= 0.3 is 0 Å². The first-order valence-electron chi connectivity index (χ1n) is 8.29. The molecule has 0 aromatic rings. The first-order valence-corrected chi connectivity index (χ1v) is 10.2. The van der Waals surface area contributed by atoms with Crippen molar-refractivity contribution in [1.29, 1.82) is 0 Å². The number of sulfonamides is 1. The lowest BCUT2D eigenvalue weighted by Crippen LogP contribution is -2.58. The fourth-order valence-corrected chi connectivity index (χ4v) is 5.94. The minimum absolute atomic E-state index is 0.261. The molecule has 0 atom stereocenters. The SMILES string of the molecule is NC(=S)C1(NS(=O)(=O)C2CCCCC2)CCCCCCC1. The molecule has 2 saturated carbocycles. The second kappa shape index (κ2) is 7.38. The van der Waals surface area contributed by atoms with E-state index in [4.69, 9.17) is 18.0 Å². The standard InChI is InChI=1S/C15H28N2O2S2/c16-14(20)15(11-7-2-1-3-8-12-15)17-21(18,19)13-9-5-4-6-10-13/h13,17H,1-12H2,(H2,16,20). The molecule has 0 bridgehead atoms. The molecule has 0 aromatic heterocycles. The second-order valence-electron chi connectivity index (χ2n) is 6.62. The van der Waals surface area contributed by atoms with Gasteiger partial charge in [-0.25, -0.2) is 13.1 Å². The lowest BCUT2D eigenvalue weighted by molar-refractivity contribution is 0.367. The number of hydrogen-bond donors (Lipinski definition) is 2. The fourth-order valence-electron chi connectivity index (χ4n) is 3.64. The molecule has 6 heteroatoms. The van der Waals surface area contributed by atoms with Crippen LogP contribution in [-0.2, 0) is 10.0 Å². The summed E-state index contributed by atoms with van der Waals surface area (Å²) in [5, 5.41) is -0.261. The van der Waals surface area contributed by atoms with Crippen LogP contribution in [0, 0.1) is 0 Å². The third-order valence-electron chi connectivity index (χ3n) is 5.01. The number of nitrogens with two attached hydrogens (primary N) is 1. The van der Waals surface area contributed by atoms with Gasteiger partial charge in [0.2, 0.25) is 10.0 Å². The van der Waals surface area contributed by atoms with E-state index in [1.54, 1.807) is 0 Å². The highest BCUT2D eigenvalue weighted by molar-refractivity contribution is 7.90. The van der Waals surface area contributed by atoms with E-state index >= 15 is 0 Å². The predicted octanol–water partition coefficient (Wildman–Crippen LogP) is 3.01. The summed E-state index contributed by atoms with van der Waals surface area (Å²) in [5.74, 6) is 0. The van der Waals surface area contributed by atoms with Gasteiger partial charge in [-0.2, -0.15) is 0 Å². The number of nitrogens with one attached hydrogen (secondary N) is 1. The summed E-state index contributed by atoms with van der Waals surface area (Å²) in [7, 11) is -3.33. The Hall–Kier alpha value is -0.200. The van der Waals surface area contributed by atoms with E-state index in [2.05, 4.69) is 4.72 Å². The van der Waals surface area contributed by atoms with Gasteiger partial charge in [0.1, 0.15) is 0 Å². The summed E-state index contributed by atoms with van der Waals surface area (Å²) in [5.41, 5.74) is 5.28. The molecule has 122 valence electrons. The molecule has 0 amide bonds. The molecule has 2 fully saturated rings. The summed E-state index contributed by atoms with van der Waals surface area (Å²) in [6, 6.07) is 0. The third-order valence-corrected chi connectivity index (χ3v) is 7.42. The Morgan fingerprint density at radius 2 is 1.43 bits per heavy atom. The molecular weight excluding hydrogens is 304 g/mol. The first kappa shape index (κ1) is 17.2. The summed E-state index contributed by atoms with van der Waals surface area (Å²) in [6.45, 7) is 0. The van der Waals surface area contributed by atoms with Gasteiger partial charge in [-0.1, -0.05) is 63.6 Å². The molecule has 0 saturated heterocycles. The highest BCUT2D eigenvalue weighted by atomic mass is 32.2. The molecule has 0 aliphatic heterocycles. The zero-order chi connectivity index (χ0) is 15.3. The van der Waals surface area contributed by atoms with Gasteiger partial charge in [-0.15, -0.1) is 0 Å². The van der Waals surface area contributed by atoms with Gasteiger partial charge < -0.3 is 5.73 Å². The van der Waals surface area contributed by atoms with Crippen LogP contribution in [0.25, 0.3) is 0 Å². The van der Waals surface area contributed by atoms with E-state index in [9.17, 15) is 8.42 Å². The summed E-state index contributed by atoms with van der Waals surface area (Å²) < 4.78 is 28.4. The Morgan fingerprint density at radius 1 is 0.952 bits per heavy atom. The second-order valence-corrected chi connectivity index (χ2v) is 9.02. The topological polar surface area (TPSA) is 72.2 Å². The molecule has 0 aromatic carbocycles. The normalized spacial score (nSPS) is 25.0. The van der Waals surface area contributed by atoms with Crippen LogP contribution in [0.4, 0.5) is 0 Å². The van der Waals surface area contributed by atoms with Crippen LogP contribution in [-0.4, -0.2) is 24.2 Å². The maximum absolute atomic E-state index is 12.7. The van der Waals surface area contributed by atoms with Crippen molar-refractivity contribution < 1.29 is 8.42 Å². The van der Waals surface area contributed by atoms with Crippen molar-refractivity contribution in [2.45, 2.75) is 87.8 Å². The van der Waals surface area contributed by atoms with Crippen molar-refractivity contribution in [3.63, 3.8) is 0 Å². The molecular formula is C15H28N2O2S2. The highest BCUT2D eigenvalue weighted by Crippen LogP contribution is 2.30. The molecule has 0 unspecified atom stereocenters. The van der Waals surface area contributed by atoms with Crippen molar-refractivity contribution in [3.8, 4) is 0 Å². The minimum Gasteiger partial charge on any atom is -0.392 e. The molecule has 2 aliphatic rings. The monoisotopic (exact) mass is 332 g/mol. The molecule has 0 radical (unpaired) electrons. The molecule has 2 aliphatic carbocycles. The van der Waals surface area contributed by atoms with Crippen LogP contribution >= 0.6 is 12.2 Å². The molecule has 21 heavy (non-hydrogen) atoms. The number of rotatable bonds is 4.